The number of carbonyl (C=O) groups excluding carboxylic acids is 1. The first-order chi connectivity index (χ1) is 11.7. The van der Waals surface area contributed by atoms with Gasteiger partial charge >= 0.3 is 0 Å². The molecule has 2 aromatic carbocycles. The highest BCUT2D eigenvalue weighted by molar-refractivity contribution is 9.10. The molecule has 7 heteroatoms. The molecule has 2 aromatic rings. The summed E-state index contributed by atoms with van der Waals surface area (Å²) < 4.78 is 28.5. The topological polar surface area (TPSA) is 75.3 Å². The second kappa shape index (κ2) is 8.01. The Morgan fingerprint density at radius 2 is 1.88 bits per heavy atom. The van der Waals surface area contributed by atoms with Crippen molar-refractivity contribution in [2.45, 2.75) is 25.7 Å². The minimum atomic E-state index is -3.80. The molecule has 5 nitrogen and oxygen atoms in total. The van der Waals surface area contributed by atoms with Crippen LogP contribution in [0, 0.1) is 12.8 Å². The van der Waals surface area contributed by atoms with Crippen LogP contribution in [-0.2, 0) is 10.0 Å². The summed E-state index contributed by atoms with van der Waals surface area (Å²) in [6, 6.07) is 11.4. The number of hydrogen-bond acceptors (Lipinski definition) is 3. The average molecular weight is 425 g/mol. The lowest BCUT2D eigenvalue weighted by Gasteiger charge is -2.12. The van der Waals surface area contributed by atoms with Crippen LogP contribution in [0.3, 0.4) is 0 Å². The van der Waals surface area contributed by atoms with E-state index in [9.17, 15) is 13.2 Å². The Morgan fingerprint density at radius 1 is 1.16 bits per heavy atom. The lowest BCUT2D eigenvalue weighted by molar-refractivity contribution is 0.0949. The van der Waals surface area contributed by atoms with Gasteiger partial charge in [-0.2, -0.15) is 0 Å². The molecule has 0 aliphatic carbocycles. The Hall–Kier alpha value is -1.86. The molecule has 25 heavy (non-hydrogen) atoms. The Balaban J connectivity index is 2.26. The van der Waals surface area contributed by atoms with Crippen LogP contribution in [0.25, 0.3) is 0 Å². The largest absolute Gasteiger partial charge is 0.352 e. The van der Waals surface area contributed by atoms with Crippen molar-refractivity contribution in [2.24, 2.45) is 5.92 Å². The standard InChI is InChI=1S/C18H21BrN2O3S/c1-12(2)11-20-18(22)14-5-4-6-15(10-14)25(23,24)21-17-9-13(3)7-8-16(17)19/h4-10,12,21H,11H2,1-3H3,(H,20,22). The average Bonchev–Trinajstić information content (AvgIpc) is 2.56. The van der Waals surface area contributed by atoms with Crippen molar-refractivity contribution in [2.75, 3.05) is 11.3 Å². The van der Waals surface area contributed by atoms with E-state index in [1.165, 1.54) is 12.1 Å². The maximum atomic E-state index is 12.6. The zero-order chi connectivity index (χ0) is 18.6. The lowest BCUT2D eigenvalue weighted by Crippen LogP contribution is -2.27. The predicted octanol–water partition coefficient (Wildman–Crippen LogP) is 3.94. The zero-order valence-electron chi connectivity index (χ0n) is 14.3. The smallest absolute Gasteiger partial charge is 0.261 e. The molecular formula is C18H21BrN2O3S. The molecule has 0 spiro atoms. The number of carbonyl (C=O) groups is 1. The molecule has 0 aromatic heterocycles. The van der Waals surface area contributed by atoms with Crippen molar-refractivity contribution < 1.29 is 13.2 Å². The van der Waals surface area contributed by atoms with Crippen molar-refractivity contribution in [3.8, 4) is 0 Å². The third-order valence-electron chi connectivity index (χ3n) is 3.44. The van der Waals surface area contributed by atoms with Crippen LogP contribution in [0.2, 0.25) is 0 Å². The van der Waals surface area contributed by atoms with Gasteiger partial charge in [0.15, 0.2) is 0 Å². The molecule has 134 valence electrons. The van der Waals surface area contributed by atoms with Crippen LogP contribution < -0.4 is 10.0 Å². The van der Waals surface area contributed by atoms with E-state index in [4.69, 9.17) is 0 Å². The lowest BCUT2D eigenvalue weighted by atomic mass is 10.2. The number of sulfonamides is 1. The SMILES string of the molecule is Cc1ccc(Br)c(NS(=O)(=O)c2cccc(C(=O)NCC(C)C)c2)c1. The van der Waals surface area contributed by atoms with Gasteiger partial charge in [0.1, 0.15) is 0 Å². The van der Waals surface area contributed by atoms with E-state index in [0.29, 0.717) is 28.2 Å². The molecule has 1 amide bonds. The van der Waals surface area contributed by atoms with E-state index >= 15 is 0 Å². The molecule has 0 radical (unpaired) electrons. The van der Waals surface area contributed by atoms with Crippen molar-refractivity contribution in [1.82, 2.24) is 5.32 Å². The molecular weight excluding hydrogens is 404 g/mol. The summed E-state index contributed by atoms with van der Waals surface area (Å²) in [5.41, 5.74) is 1.70. The maximum absolute atomic E-state index is 12.6. The van der Waals surface area contributed by atoms with E-state index in [1.807, 2.05) is 26.8 Å². The third kappa shape index (κ3) is 5.31. The van der Waals surface area contributed by atoms with E-state index < -0.39 is 10.0 Å². The van der Waals surface area contributed by atoms with Gasteiger partial charge in [-0.25, -0.2) is 8.42 Å². The van der Waals surface area contributed by atoms with Crippen LogP contribution in [-0.4, -0.2) is 20.9 Å². The van der Waals surface area contributed by atoms with Gasteiger partial charge in [0.2, 0.25) is 0 Å². The minimum Gasteiger partial charge on any atom is -0.352 e. The van der Waals surface area contributed by atoms with Crippen LogP contribution in [0.15, 0.2) is 51.8 Å². The number of hydrogen-bond donors (Lipinski definition) is 2. The summed E-state index contributed by atoms with van der Waals surface area (Å²) in [7, 11) is -3.80. The Kier molecular flexibility index (Phi) is 6.24. The van der Waals surface area contributed by atoms with Gasteiger partial charge in [-0.1, -0.05) is 26.0 Å². The summed E-state index contributed by atoms with van der Waals surface area (Å²) in [5.74, 6) is 0.0266. The van der Waals surface area contributed by atoms with Crippen LogP contribution in [0.4, 0.5) is 5.69 Å². The number of halogens is 1. The minimum absolute atomic E-state index is 0.0399. The van der Waals surface area contributed by atoms with Crippen molar-refractivity contribution >= 4 is 37.5 Å². The fraction of sp³-hybridized carbons (Fsp3) is 0.278. The van der Waals surface area contributed by atoms with Gasteiger partial charge in [0.25, 0.3) is 15.9 Å². The monoisotopic (exact) mass is 424 g/mol. The molecule has 2 N–H and O–H groups in total. The molecule has 0 unspecified atom stereocenters. The summed E-state index contributed by atoms with van der Waals surface area (Å²) in [6.07, 6.45) is 0. The fourth-order valence-corrected chi connectivity index (χ4v) is 3.72. The zero-order valence-corrected chi connectivity index (χ0v) is 16.7. The Morgan fingerprint density at radius 3 is 2.56 bits per heavy atom. The van der Waals surface area contributed by atoms with Crippen LogP contribution in [0.1, 0.15) is 29.8 Å². The first-order valence-electron chi connectivity index (χ1n) is 7.86. The summed E-state index contributed by atoms with van der Waals surface area (Å²) in [5, 5.41) is 2.78. The second-order valence-corrected chi connectivity index (χ2v) is 8.76. The number of nitrogens with one attached hydrogen (secondary N) is 2. The molecule has 0 bridgehead atoms. The third-order valence-corrected chi connectivity index (χ3v) is 5.50. The normalized spacial score (nSPS) is 11.4. The summed E-state index contributed by atoms with van der Waals surface area (Å²) in [4.78, 5) is 12.2. The van der Waals surface area contributed by atoms with E-state index in [2.05, 4.69) is 26.0 Å². The molecule has 0 heterocycles. The number of rotatable bonds is 6. The van der Waals surface area contributed by atoms with Crippen molar-refractivity contribution in [1.29, 1.82) is 0 Å². The molecule has 2 rings (SSSR count). The van der Waals surface area contributed by atoms with Gasteiger partial charge in [-0.05, 0) is 64.7 Å². The van der Waals surface area contributed by atoms with E-state index in [-0.39, 0.29) is 10.8 Å². The molecule has 0 saturated carbocycles. The number of benzene rings is 2. The number of amides is 1. The molecule has 0 atom stereocenters. The highest BCUT2D eigenvalue weighted by Gasteiger charge is 2.18. The van der Waals surface area contributed by atoms with E-state index in [0.717, 1.165) is 5.56 Å². The highest BCUT2D eigenvalue weighted by Crippen LogP contribution is 2.26. The van der Waals surface area contributed by atoms with Crippen LogP contribution >= 0.6 is 15.9 Å². The maximum Gasteiger partial charge on any atom is 0.261 e. The first kappa shape index (κ1) is 19.5. The van der Waals surface area contributed by atoms with Gasteiger partial charge in [-0.15, -0.1) is 0 Å². The molecule has 0 aliphatic rings. The van der Waals surface area contributed by atoms with Crippen molar-refractivity contribution in [3.05, 3.63) is 58.1 Å². The van der Waals surface area contributed by atoms with Crippen molar-refractivity contribution in [3.63, 3.8) is 0 Å². The number of aryl methyl sites for hydroxylation is 1. The highest BCUT2D eigenvalue weighted by atomic mass is 79.9. The van der Waals surface area contributed by atoms with E-state index in [1.54, 1.807) is 24.3 Å². The van der Waals surface area contributed by atoms with Gasteiger partial charge in [-0.3, -0.25) is 9.52 Å². The van der Waals surface area contributed by atoms with Gasteiger partial charge in [0, 0.05) is 16.6 Å². The first-order valence-corrected chi connectivity index (χ1v) is 10.1. The Bertz CT molecular complexity index is 880. The summed E-state index contributed by atoms with van der Waals surface area (Å²) in [6.45, 7) is 6.39. The predicted molar refractivity (Wildman–Crippen MR) is 103 cm³/mol. The number of anilines is 1. The van der Waals surface area contributed by atoms with Gasteiger partial charge in [0.05, 0.1) is 10.6 Å². The molecule has 0 fully saturated rings. The fourth-order valence-electron chi connectivity index (χ4n) is 2.12. The molecule has 0 saturated heterocycles. The summed E-state index contributed by atoms with van der Waals surface area (Å²) >= 11 is 3.34. The molecule has 0 aliphatic heterocycles. The second-order valence-electron chi connectivity index (χ2n) is 6.22. The quantitative estimate of drug-likeness (QED) is 0.736. The Labute approximate surface area is 157 Å². The van der Waals surface area contributed by atoms with Gasteiger partial charge < -0.3 is 5.32 Å². The van der Waals surface area contributed by atoms with Crippen LogP contribution in [0.5, 0.6) is 0 Å².